The van der Waals surface area contributed by atoms with Gasteiger partial charge in [0.25, 0.3) is 11.8 Å². The third kappa shape index (κ3) is 5.72. The van der Waals surface area contributed by atoms with Crippen LogP contribution < -0.4 is 10.6 Å². The molecule has 0 aliphatic carbocycles. The van der Waals surface area contributed by atoms with Crippen molar-refractivity contribution in [3.8, 4) is 0 Å². The first kappa shape index (κ1) is 24.8. The second kappa shape index (κ2) is 10.8. The lowest BCUT2D eigenvalue weighted by atomic mass is 10.1. The van der Waals surface area contributed by atoms with Crippen molar-refractivity contribution in [1.82, 2.24) is 0 Å². The van der Waals surface area contributed by atoms with E-state index in [-0.39, 0.29) is 21.2 Å². The molecule has 0 saturated carbocycles. The Morgan fingerprint density at radius 3 is 1.24 bits per heavy atom. The number of halogens is 2. The van der Waals surface area contributed by atoms with Crippen LogP contribution in [-0.4, -0.2) is 38.0 Å². The molecule has 0 fully saturated rings. The largest absolute Gasteiger partial charge is 0.465 e. The third-order valence-electron chi connectivity index (χ3n) is 4.68. The maximum absolute atomic E-state index is 12.9. The highest BCUT2D eigenvalue weighted by Crippen LogP contribution is 2.27. The van der Waals surface area contributed by atoms with Crippen LogP contribution in [0.3, 0.4) is 0 Å². The maximum atomic E-state index is 12.9. The molecule has 10 heteroatoms. The van der Waals surface area contributed by atoms with Crippen LogP contribution in [0, 0.1) is 0 Å². The molecule has 34 heavy (non-hydrogen) atoms. The Morgan fingerprint density at radius 1 is 0.618 bits per heavy atom. The van der Waals surface area contributed by atoms with Gasteiger partial charge in [0, 0.05) is 11.4 Å². The highest BCUT2D eigenvalue weighted by atomic mass is 35.5. The molecule has 0 unspecified atom stereocenters. The Hall–Kier alpha value is -3.88. The smallest absolute Gasteiger partial charge is 0.337 e. The fraction of sp³-hybridized carbons (Fsp3) is 0.0833. The molecule has 0 spiro atoms. The van der Waals surface area contributed by atoms with Crippen LogP contribution in [0.15, 0.2) is 60.7 Å². The van der Waals surface area contributed by atoms with Crippen LogP contribution >= 0.6 is 23.2 Å². The predicted molar refractivity (Wildman–Crippen MR) is 128 cm³/mol. The van der Waals surface area contributed by atoms with E-state index in [0.29, 0.717) is 22.5 Å². The fourth-order valence-corrected chi connectivity index (χ4v) is 3.26. The van der Waals surface area contributed by atoms with Crippen LogP contribution in [-0.2, 0) is 9.47 Å². The molecule has 174 valence electrons. The number of anilines is 2. The van der Waals surface area contributed by atoms with Gasteiger partial charge in [-0.2, -0.15) is 0 Å². The zero-order valence-electron chi connectivity index (χ0n) is 18.0. The average Bonchev–Trinajstić information content (AvgIpc) is 2.85. The molecule has 0 aromatic heterocycles. The zero-order chi connectivity index (χ0) is 24.8. The van der Waals surface area contributed by atoms with Gasteiger partial charge in [-0.15, -0.1) is 0 Å². The van der Waals surface area contributed by atoms with E-state index in [1.54, 1.807) is 0 Å². The number of carbonyl (C=O) groups excluding carboxylic acids is 4. The van der Waals surface area contributed by atoms with Crippen molar-refractivity contribution >= 4 is 58.3 Å². The van der Waals surface area contributed by atoms with Crippen molar-refractivity contribution in [1.29, 1.82) is 0 Å². The molecule has 3 aromatic carbocycles. The molecular weight excluding hydrogens is 483 g/mol. The molecule has 0 heterocycles. The van der Waals surface area contributed by atoms with E-state index in [2.05, 4.69) is 20.1 Å². The van der Waals surface area contributed by atoms with Crippen LogP contribution in [0.5, 0.6) is 0 Å². The monoisotopic (exact) mass is 500 g/mol. The lowest BCUT2D eigenvalue weighted by Crippen LogP contribution is -2.20. The van der Waals surface area contributed by atoms with Crippen LogP contribution in [0.1, 0.15) is 41.4 Å². The summed E-state index contributed by atoms with van der Waals surface area (Å²) < 4.78 is 9.29. The highest BCUT2D eigenvalue weighted by molar-refractivity contribution is 6.42. The van der Waals surface area contributed by atoms with Crippen molar-refractivity contribution in [2.75, 3.05) is 24.9 Å². The lowest BCUT2D eigenvalue weighted by Gasteiger charge is -2.13. The van der Waals surface area contributed by atoms with E-state index in [1.807, 2.05) is 0 Å². The van der Waals surface area contributed by atoms with Crippen molar-refractivity contribution in [2.45, 2.75) is 0 Å². The van der Waals surface area contributed by atoms with Gasteiger partial charge in [-0.3, -0.25) is 9.59 Å². The SMILES string of the molecule is COC(=O)c1ccc(NC(=O)c2cc(Cl)c(Cl)cc2C(=O)Nc2ccc(C(=O)OC)cc2)cc1. The standard InChI is InChI=1S/C24H18Cl2N2O6/c1-33-23(31)13-3-7-15(8-4-13)27-21(29)17-11-19(25)20(26)12-18(17)22(30)28-16-9-5-14(6-10-16)24(32)34-2/h3-12H,1-2H3,(H,27,29)(H,28,30). The first-order valence-corrected chi connectivity index (χ1v) is 10.5. The number of nitrogens with one attached hydrogen (secondary N) is 2. The Morgan fingerprint density at radius 2 is 0.941 bits per heavy atom. The number of ether oxygens (including phenoxy) is 2. The molecule has 0 aliphatic heterocycles. The first-order valence-electron chi connectivity index (χ1n) is 9.72. The summed E-state index contributed by atoms with van der Waals surface area (Å²) in [6.45, 7) is 0. The minimum atomic E-state index is -0.615. The van der Waals surface area contributed by atoms with Gasteiger partial charge in [-0.05, 0) is 60.7 Å². The molecule has 2 N–H and O–H groups in total. The Bertz CT molecular complexity index is 1160. The van der Waals surface area contributed by atoms with Gasteiger partial charge in [-0.25, -0.2) is 9.59 Å². The van der Waals surface area contributed by atoms with E-state index in [9.17, 15) is 19.2 Å². The van der Waals surface area contributed by atoms with Crippen LogP contribution in [0.2, 0.25) is 10.0 Å². The van der Waals surface area contributed by atoms with E-state index in [4.69, 9.17) is 23.2 Å². The van der Waals surface area contributed by atoms with Gasteiger partial charge >= 0.3 is 11.9 Å². The topological polar surface area (TPSA) is 111 Å². The number of hydrogen-bond donors (Lipinski definition) is 2. The number of rotatable bonds is 6. The normalized spacial score (nSPS) is 10.2. The lowest BCUT2D eigenvalue weighted by molar-refractivity contribution is 0.0592. The minimum absolute atomic E-state index is 0.0184. The Labute approximate surface area is 204 Å². The summed E-state index contributed by atoms with van der Waals surface area (Å²) in [4.78, 5) is 49.0. The highest BCUT2D eigenvalue weighted by Gasteiger charge is 2.21. The van der Waals surface area contributed by atoms with Crippen LogP contribution in [0.4, 0.5) is 11.4 Å². The molecule has 3 aromatic rings. The zero-order valence-corrected chi connectivity index (χ0v) is 19.5. The van der Waals surface area contributed by atoms with Crippen molar-refractivity contribution in [3.63, 3.8) is 0 Å². The molecular formula is C24H18Cl2N2O6. The van der Waals surface area contributed by atoms with Crippen LogP contribution in [0.25, 0.3) is 0 Å². The number of carbonyl (C=O) groups is 4. The first-order chi connectivity index (χ1) is 16.2. The van der Waals surface area contributed by atoms with E-state index in [0.717, 1.165) is 0 Å². The number of hydrogen-bond acceptors (Lipinski definition) is 6. The van der Waals surface area contributed by atoms with Gasteiger partial charge in [0.2, 0.25) is 0 Å². The van der Waals surface area contributed by atoms with Gasteiger partial charge in [0.1, 0.15) is 0 Å². The fourth-order valence-electron chi connectivity index (χ4n) is 2.93. The van der Waals surface area contributed by atoms with Crippen molar-refractivity contribution in [2.24, 2.45) is 0 Å². The molecule has 2 amide bonds. The van der Waals surface area contributed by atoms with E-state index < -0.39 is 23.8 Å². The summed E-state index contributed by atoms with van der Waals surface area (Å²) in [5.74, 6) is -2.26. The summed E-state index contributed by atoms with van der Waals surface area (Å²) in [5, 5.41) is 5.48. The molecule has 0 atom stereocenters. The number of esters is 2. The average molecular weight is 501 g/mol. The molecule has 0 bridgehead atoms. The quantitative estimate of drug-likeness (QED) is 0.457. The Kier molecular flexibility index (Phi) is 7.88. The van der Waals surface area contributed by atoms with Crippen molar-refractivity contribution < 1.29 is 28.7 Å². The summed E-state index contributed by atoms with van der Waals surface area (Å²) in [6, 6.07) is 14.6. The number of benzene rings is 3. The molecule has 0 aliphatic rings. The molecule has 0 saturated heterocycles. The second-order valence-electron chi connectivity index (χ2n) is 6.86. The molecule has 3 rings (SSSR count). The number of methoxy groups -OCH3 is 2. The summed E-state index contributed by atoms with van der Waals surface area (Å²) in [5.41, 5.74) is 1.36. The summed E-state index contributed by atoms with van der Waals surface area (Å²) >= 11 is 12.2. The Balaban J connectivity index is 1.84. The second-order valence-corrected chi connectivity index (χ2v) is 7.67. The molecule has 0 radical (unpaired) electrons. The minimum Gasteiger partial charge on any atom is -0.465 e. The summed E-state index contributed by atoms with van der Waals surface area (Å²) in [6.07, 6.45) is 0. The maximum Gasteiger partial charge on any atom is 0.337 e. The van der Waals surface area contributed by atoms with E-state index >= 15 is 0 Å². The van der Waals surface area contributed by atoms with E-state index in [1.165, 1.54) is 74.9 Å². The van der Waals surface area contributed by atoms with Crippen molar-refractivity contribution in [3.05, 3.63) is 93.0 Å². The van der Waals surface area contributed by atoms with Gasteiger partial charge < -0.3 is 20.1 Å². The number of amides is 2. The predicted octanol–water partition coefficient (Wildman–Crippen LogP) is 5.07. The molecule has 8 nitrogen and oxygen atoms in total. The summed E-state index contributed by atoms with van der Waals surface area (Å²) in [7, 11) is 2.53. The third-order valence-corrected chi connectivity index (χ3v) is 5.40. The van der Waals surface area contributed by atoms with Gasteiger partial charge in [0.05, 0.1) is 46.5 Å². The van der Waals surface area contributed by atoms with Gasteiger partial charge in [0.15, 0.2) is 0 Å². The van der Waals surface area contributed by atoms with Gasteiger partial charge in [-0.1, -0.05) is 23.2 Å².